The molecule has 3 amide bonds. The maximum absolute atomic E-state index is 13.9. The van der Waals surface area contributed by atoms with E-state index in [1.807, 2.05) is 10.3 Å². The molecule has 0 radical (unpaired) electrons. The van der Waals surface area contributed by atoms with Crippen molar-refractivity contribution in [2.24, 2.45) is 16.5 Å². The summed E-state index contributed by atoms with van der Waals surface area (Å²) in [7, 11) is 0. The molecule has 17 nitrogen and oxygen atoms in total. The number of alkyl halides is 1. The summed E-state index contributed by atoms with van der Waals surface area (Å²) in [5.41, 5.74) is 8.56. The highest BCUT2D eigenvalue weighted by atomic mass is 19.1. The second-order valence-corrected chi connectivity index (χ2v) is 7.20. The lowest BCUT2D eigenvalue weighted by molar-refractivity contribution is -0.147. The lowest BCUT2D eigenvalue weighted by Crippen LogP contribution is -2.51. The van der Waals surface area contributed by atoms with E-state index >= 15 is 0 Å². The number of aliphatic carboxylic acids is 2. The number of carbonyl (C=O) groups excluding carboxylic acids is 3. The van der Waals surface area contributed by atoms with Crippen LogP contribution < -0.4 is 38.7 Å². The fraction of sp³-hybridized carbons (Fsp3) is 0.444. The molecule has 0 saturated carbocycles. The van der Waals surface area contributed by atoms with Crippen molar-refractivity contribution < 1.29 is 38.6 Å². The summed E-state index contributed by atoms with van der Waals surface area (Å²) in [5, 5.41) is 23.9. The van der Waals surface area contributed by atoms with Gasteiger partial charge in [-0.1, -0.05) is 0 Å². The molecule has 198 valence electrons. The van der Waals surface area contributed by atoms with E-state index < -0.39 is 91.2 Å². The van der Waals surface area contributed by atoms with E-state index in [4.69, 9.17) is 21.7 Å². The van der Waals surface area contributed by atoms with Gasteiger partial charge in [0, 0.05) is 18.7 Å². The summed E-state index contributed by atoms with van der Waals surface area (Å²) in [5.74, 6) is -6.60. The Hall–Kier alpha value is -4.77. The Balaban J connectivity index is 2.86. The quantitative estimate of drug-likeness (QED) is 0.0662. The van der Waals surface area contributed by atoms with Gasteiger partial charge >= 0.3 is 17.6 Å². The second-order valence-electron chi connectivity index (χ2n) is 7.20. The van der Waals surface area contributed by atoms with E-state index in [2.05, 4.69) is 15.6 Å². The minimum atomic E-state index is -1.93. The Morgan fingerprint density at radius 1 is 1.06 bits per heavy atom. The number of nitrogens with two attached hydrogens (primary N) is 2. The number of nitrogens with zero attached hydrogens (tertiary/aromatic N) is 2. The van der Waals surface area contributed by atoms with Gasteiger partial charge in [-0.3, -0.25) is 33.5 Å². The highest BCUT2D eigenvalue weighted by Crippen LogP contribution is 2.07. The van der Waals surface area contributed by atoms with Gasteiger partial charge in [0.25, 0.3) is 5.56 Å². The van der Waals surface area contributed by atoms with Crippen LogP contribution in [0.4, 0.5) is 4.39 Å². The predicted octanol–water partition coefficient (Wildman–Crippen LogP) is -4.47. The van der Waals surface area contributed by atoms with Gasteiger partial charge in [0.1, 0.15) is 18.6 Å². The van der Waals surface area contributed by atoms with Gasteiger partial charge in [0.15, 0.2) is 12.3 Å². The van der Waals surface area contributed by atoms with Crippen LogP contribution in [0.3, 0.4) is 0 Å². The van der Waals surface area contributed by atoms with Crippen molar-refractivity contribution >= 4 is 35.6 Å². The number of amides is 3. The highest BCUT2D eigenvalue weighted by molar-refractivity contribution is 5.92. The fourth-order valence-corrected chi connectivity index (χ4v) is 2.67. The fourth-order valence-electron chi connectivity index (χ4n) is 2.67. The van der Waals surface area contributed by atoms with Crippen molar-refractivity contribution in [1.29, 1.82) is 0 Å². The van der Waals surface area contributed by atoms with Crippen LogP contribution in [0.15, 0.2) is 26.8 Å². The third-order valence-corrected chi connectivity index (χ3v) is 4.28. The Kier molecular flexibility index (Phi) is 11.2. The Bertz CT molecular complexity index is 1130. The number of aliphatic imine (C=N–C) groups is 1. The molecule has 1 rings (SSSR count). The molecule has 36 heavy (non-hydrogen) atoms. The molecule has 3 atom stereocenters. The monoisotopic (exact) mass is 516 g/mol. The van der Waals surface area contributed by atoms with Crippen molar-refractivity contribution in [3.63, 3.8) is 0 Å². The van der Waals surface area contributed by atoms with Gasteiger partial charge in [0.2, 0.25) is 17.7 Å². The largest absolute Gasteiger partial charge is 0.481 e. The molecule has 0 fully saturated rings. The number of hydrogen-bond acceptors (Lipinski definition) is 8. The predicted molar refractivity (Wildman–Crippen MR) is 118 cm³/mol. The molecule has 10 N–H and O–H groups in total. The lowest BCUT2D eigenvalue weighted by Gasteiger charge is -2.19. The topological polar surface area (TPSA) is 281 Å². The van der Waals surface area contributed by atoms with E-state index in [0.29, 0.717) is 0 Å². The number of aromatic nitrogens is 2. The number of carbonyl (C=O) groups is 5. The van der Waals surface area contributed by atoms with Crippen molar-refractivity contribution in [2.75, 3.05) is 6.54 Å². The van der Waals surface area contributed by atoms with Crippen LogP contribution in [0.5, 0.6) is 0 Å². The van der Waals surface area contributed by atoms with Gasteiger partial charge in [-0.05, 0) is 6.42 Å². The zero-order chi connectivity index (χ0) is 27.4. The summed E-state index contributed by atoms with van der Waals surface area (Å²) in [6.45, 7) is -1.43. The number of carboxylic acids is 2. The molecule has 0 aromatic carbocycles. The summed E-state index contributed by atoms with van der Waals surface area (Å²) in [6.07, 6.45) is -2.62. The van der Waals surface area contributed by atoms with Crippen LogP contribution in [-0.2, 0) is 30.5 Å². The van der Waals surface area contributed by atoms with Crippen LogP contribution in [0, 0.1) is 0 Å². The van der Waals surface area contributed by atoms with Gasteiger partial charge in [-0.2, -0.15) is 0 Å². The second kappa shape index (κ2) is 13.8. The molecule has 0 saturated heterocycles. The maximum Gasteiger partial charge on any atom is 0.328 e. The number of aromatic amines is 1. The van der Waals surface area contributed by atoms with E-state index in [-0.39, 0.29) is 6.42 Å². The van der Waals surface area contributed by atoms with Crippen molar-refractivity contribution in [3.8, 4) is 0 Å². The number of nitrogens with one attached hydrogen (secondary N) is 4. The third kappa shape index (κ3) is 10.9. The van der Waals surface area contributed by atoms with Crippen LogP contribution >= 0.6 is 0 Å². The molecule has 0 spiro atoms. The summed E-state index contributed by atoms with van der Waals surface area (Å²) >= 11 is 0. The molecular formula is C18H25FN8O9. The van der Waals surface area contributed by atoms with Crippen LogP contribution in [0.2, 0.25) is 0 Å². The highest BCUT2D eigenvalue weighted by Gasteiger charge is 2.25. The molecule has 0 aliphatic carbocycles. The zero-order valence-electron chi connectivity index (χ0n) is 18.6. The molecule has 0 bridgehead atoms. The summed E-state index contributed by atoms with van der Waals surface area (Å²) in [4.78, 5) is 86.6. The van der Waals surface area contributed by atoms with Crippen molar-refractivity contribution in [1.82, 2.24) is 25.5 Å². The molecule has 18 heteroatoms. The molecule has 1 heterocycles. The number of guanidine groups is 1. The first-order valence-corrected chi connectivity index (χ1v) is 10.1. The first kappa shape index (κ1) is 29.3. The van der Waals surface area contributed by atoms with Gasteiger partial charge in [0.05, 0.1) is 13.0 Å². The minimum Gasteiger partial charge on any atom is -0.481 e. The van der Waals surface area contributed by atoms with Crippen LogP contribution in [-0.4, -0.2) is 80.3 Å². The van der Waals surface area contributed by atoms with Gasteiger partial charge in [-0.25, -0.2) is 19.0 Å². The summed E-state index contributed by atoms with van der Waals surface area (Å²) < 4.78 is 14.7. The molecular weight excluding hydrogens is 491 g/mol. The molecule has 1 aromatic rings. The standard InChI is InChI=1S/C18H25FN8O9/c19-10(25-17(20)21)2-1-8(23-13(30)7-27-4-3-11(28)26-18(27)36)15(33)22-6-12(29)24-9(16(34)35)5-14(31)32/h3-4,8-10H,1-2,5-7H2,(H,22,33)(H,23,30)(H,24,29)(H,31,32)(H,34,35)(H4,20,21,25)(H,26,28,36)/t8-,9-,10?/m0/s1. The minimum absolute atomic E-state index is 0.367. The van der Waals surface area contributed by atoms with Crippen molar-refractivity contribution in [2.45, 2.75) is 44.2 Å². The number of halogens is 1. The van der Waals surface area contributed by atoms with Crippen LogP contribution in [0.25, 0.3) is 0 Å². The molecule has 1 unspecified atom stereocenters. The van der Waals surface area contributed by atoms with E-state index in [0.717, 1.165) is 16.8 Å². The smallest absolute Gasteiger partial charge is 0.328 e. The number of H-pyrrole nitrogens is 1. The number of rotatable bonds is 14. The Morgan fingerprint density at radius 2 is 1.69 bits per heavy atom. The molecule has 1 aromatic heterocycles. The SMILES string of the molecule is NC(N)=NC(F)CC[C@H](NC(=O)Cn1ccc(=O)[nH]c1=O)C(=O)NCC(=O)N[C@@H](CC(=O)O)C(=O)O. The van der Waals surface area contributed by atoms with E-state index in [1.165, 1.54) is 0 Å². The number of carboxylic acid groups (broad SMARTS) is 2. The Labute approximate surface area is 200 Å². The third-order valence-electron chi connectivity index (χ3n) is 4.28. The summed E-state index contributed by atoms with van der Waals surface area (Å²) in [6, 6.07) is -2.23. The van der Waals surface area contributed by atoms with Gasteiger partial charge in [-0.15, -0.1) is 0 Å². The molecule has 0 aliphatic heterocycles. The molecule has 0 aliphatic rings. The Morgan fingerprint density at radius 3 is 2.25 bits per heavy atom. The maximum atomic E-state index is 13.9. The van der Waals surface area contributed by atoms with E-state index in [1.54, 1.807) is 0 Å². The lowest BCUT2D eigenvalue weighted by atomic mass is 10.1. The first-order chi connectivity index (χ1) is 16.8. The van der Waals surface area contributed by atoms with E-state index in [9.17, 15) is 38.0 Å². The first-order valence-electron chi connectivity index (χ1n) is 10.1. The van der Waals surface area contributed by atoms with Crippen molar-refractivity contribution in [3.05, 3.63) is 33.1 Å². The normalized spacial score (nSPS) is 12.9. The van der Waals surface area contributed by atoms with Gasteiger partial charge < -0.3 is 37.6 Å². The van der Waals surface area contributed by atoms with Crippen LogP contribution in [0.1, 0.15) is 19.3 Å². The average Bonchev–Trinajstić information content (AvgIpc) is 2.75. The zero-order valence-corrected chi connectivity index (χ0v) is 18.6. The average molecular weight is 516 g/mol. The number of hydrogen-bond donors (Lipinski definition) is 8.